The van der Waals surface area contributed by atoms with Gasteiger partial charge in [0, 0.05) is 26.3 Å². The number of nitro benzene ring substituents is 1. The zero-order chi connectivity index (χ0) is 13.5. The highest BCUT2D eigenvalue weighted by atomic mass is 16.6. The van der Waals surface area contributed by atoms with Gasteiger partial charge in [0.05, 0.1) is 4.92 Å². The number of aliphatic hydroxyl groups excluding tert-OH is 1. The number of hydrogen-bond acceptors (Lipinski definition) is 4. The van der Waals surface area contributed by atoms with Gasteiger partial charge in [0.15, 0.2) is 0 Å². The summed E-state index contributed by atoms with van der Waals surface area (Å²) in [5.41, 5.74) is 1.81. The summed E-state index contributed by atoms with van der Waals surface area (Å²) in [7, 11) is 1.86. The fraction of sp³-hybridized carbons (Fsp3) is 0.538. The molecule has 1 N–H and O–H groups in total. The molecule has 0 unspecified atom stereocenters. The highest BCUT2D eigenvalue weighted by Crippen LogP contribution is 2.28. The van der Waals surface area contributed by atoms with Crippen molar-refractivity contribution in [3.05, 3.63) is 33.9 Å². The molecule has 0 aliphatic carbocycles. The molecule has 0 spiro atoms. The summed E-state index contributed by atoms with van der Waals surface area (Å²) in [5, 5.41) is 19.7. The van der Waals surface area contributed by atoms with E-state index in [-0.39, 0.29) is 17.2 Å². The molecule has 0 aromatic heterocycles. The van der Waals surface area contributed by atoms with Crippen molar-refractivity contribution in [3.8, 4) is 0 Å². The molecule has 5 heteroatoms. The van der Waals surface area contributed by atoms with Crippen molar-refractivity contribution in [1.29, 1.82) is 0 Å². The summed E-state index contributed by atoms with van der Waals surface area (Å²) in [6.45, 7) is 2.88. The first-order valence-corrected chi connectivity index (χ1v) is 6.13. The van der Waals surface area contributed by atoms with Gasteiger partial charge in [-0.1, -0.05) is 6.07 Å². The molecule has 0 amide bonds. The second-order valence-corrected chi connectivity index (χ2v) is 4.46. The summed E-state index contributed by atoms with van der Waals surface area (Å²) < 4.78 is 0. The van der Waals surface area contributed by atoms with Crippen LogP contribution in [0.3, 0.4) is 0 Å². The lowest BCUT2D eigenvalue weighted by molar-refractivity contribution is -0.384. The largest absolute Gasteiger partial charge is 0.396 e. The van der Waals surface area contributed by atoms with E-state index >= 15 is 0 Å². The molecule has 1 aromatic rings. The number of anilines is 1. The van der Waals surface area contributed by atoms with Gasteiger partial charge in [0.25, 0.3) is 5.69 Å². The molecule has 5 nitrogen and oxygen atoms in total. The Bertz CT molecular complexity index is 407. The van der Waals surface area contributed by atoms with Crippen molar-refractivity contribution < 1.29 is 10.0 Å². The average molecular weight is 252 g/mol. The predicted molar refractivity (Wildman–Crippen MR) is 72.0 cm³/mol. The van der Waals surface area contributed by atoms with Crippen LogP contribution >= 0.6 is 0 Å². The Labute approximate surface area is 107 Å². The zero-order valence-corrected chi connectivity index (χ0v) is 10.9. The van der Waals surface area contributed by atoms with E-state index in [4.69, 9.17) is 5.11 Å². The number of aryl methyl sites for hydroxylation is 1. The lowest BCUT2D eigenvalue weighted by Gasteiger charge is -2.19. The minimum atomic E-state index is -0.348. The van der Waals surface area contributed by atoms with Crippen LogP contribution < -0.4 is 4.90 Å². The Kier molecular flexibility index (Phi) is 5.58. The SMILES string of the molecule is Cc1ccc([N+](=O)[O-])c(N(C)CCCCCO)c1. The molecule has 0 aliphatic heterocycles. The standard InChI is InChI=1S/C13H20N2O3/c1-11-6-7-12(15(17)18)13(10-11)14(2)8-4-3-5-9-16/h6-7,10,16H,3-5,8-9H2,1-2H3. The number of rotatable bonds is 7. The van der Waals surface area contributed by atoms with Gasteiger partial charge in [-0.25, -0.2) is 0 Å². The van der Waals surface area contributed by atoms with E-state index in [1.54, 1.807) is 12.1 Å². The molecule has 0 saturated carbocycles. The third kappa shape index (κ3) is 4.00. The van der Waals surface area contributed by atoms with Gasteiger partial charge in [0.2, 0.25) is 0 Å². The van der Waals surface area contributed by atoms with Gasteiger partial charge in [-0.15, -0.1) is 0 Å². The summed E-state index contributed by atoms with van der Waals surface area (Å²) in [6, 6.07) is 5.14. The Morgan fingerprint density at radius 2 is 2.06 bits per heavy atom. The van der Waals surface area contributed by atoms with Gasteiger partial charge in [-0.05, 0) is 37.8 Å². The molecule has 0 radical (unpaired) electrons. The number of aliphatic hydroxyl groups is 1. The first-order chi connectivity index (χ1) is 8.56. The molecule has 0 fully saturated rings. The van der Waals surface area contributed by atoms with Crippen LogP contribution in [0.5, 0.6) is 0 Å². The van der Waals surface area contributed by atoms with Crippen molar-refractivity contribution in [2.24, 2.45) is 0 Å². The zero-order valence-electron chi connectivity index (χ0n) is 10.9. The van der Waals surface area contributed by atoms with E-state index in [2.05, 4.69) is 0 Å². The maximum absolute atomic E-state index is 11.0. The normalized spacial score (nSPS) is 10.4. The van der Waals surface area contributed by atoms with Crippen LogP contribution in [0.25, 0.3) is 0 Å². The lowest BCUT2D eigenvalue weighted by atomic mass is 10.1. The first kappa shape index (κ1) is 14.4. The average Bonchev–Trinajstić information content (AvgIpc) is 2.34. The Hall–Kier alpha value is -1.62. The third-order valence-corrected chi connectivity index (χ3v) is 2.89. The summed E-state index contributed by atoms with van der Waals surface area (Å²) >= 11 is 0. The number of benzene rings is 1. The number of hydrogen-bond donors (Lipinski definition) is 1. The first-order valence-electron chi connectivity index (χ1n) is 6.13. The van der Waals surface area contributed by atoms with Gasteiger partial charge < -0.3 is 10.0 Å². The van der Waals surface area contributed by atoms with Crippen LogP contribution in [0.2, 0.25) is 0 Å². The second kappa shape index (κ2) is 6.96. The summed E-state index contributed by atoms with van der Waals surface area (Å²) in [5.74, 6) is 0. The molecule has 100 valence electrons. The Morgan fingerprint density at radius 3 is 2.67 bits per heavy atom. The van der Waals surface area contributed by atoms with E-state index in [9.17, 15) is 10.1 Å². The molecule has 0 atom stereocenters. The highest BCUT2D eigenvalue weighted by molar-refractivity contribution is 5.64. The van der Waals surface area contributed by atoms with E-state index in [0.717, 1.165) is 31.4 Å². The van der Waals surface area contributed by atoms with E-state index < -0.39 is 0 Å². The van der Waals surface area contributed by atoms with E-state index in [1.165, 1.54) is 0 Å². The lowest BCUT2D eigenvalue weighted by Crippen LogP contribution is -2.19. The maximum Gasteiger partial charge on any atom is 0.292 e. The van der Waals surface area contributed by atoms with Gasteiger partial charge in [-0.3, -0.25) is 10.1 Å². The molecule has 1 rings (SSSR count). The number of unbranched alkanes of at least 4 members (excludes halogenated alkanes) is 2. The van der Waals surface area contributed by atoms with E-state index in [0.29, 0.717) is 5.69 Å². The van der Waals surface area contributed by atoms with E-state index in [1.807, 2.05) is 24.9 Å². The monoisotopic (exact) mass is 252 g/mol. The summed E-state index contributed by atoms with van der Waals surface area (Å²) in [6.07, 6.45) is 2.63. The molecule has 18 heavy (non-hydrogen) atoms. The van der Waals surface area contributed by atoms with Crippen molar-refractivity contribution in [1.82, 2.24) is 0 Å². The molecular formula is C13H20N2O3. The number of nitro groups is 1. The molecule has 0 heterocycles. The maximum atomic E-state index is 11.0. The van der Waals surface area contributed by atoms with Crippen LogP contribution in [0.1, 0.15) is 24.8 Å². The van der Waals surface area contributed by atoms with Crippen LogP contribution in [-0.4, -0.2) is 30.2 Å². The van der Waals surface area contributed by atoms with Crippen LogP contribution in [-0.2, 0) is 0 Å². The third-order valence-electron chi connectivity index (χ3n) is 2.89. The van der Waals surface area contributed by atoms with Crippen molar-refractivity contribution in [3.63, 3.8) is 0 Å². The van der Waals surface area contributed by atoms with Gasteiger partial charge in [0.1, 0.15) is 5.69 Å². The van der Waals surface area contributed by atoms with Gasteiger partial charge >= 0.3 is 0 Å². The summed E-state index contributed by atoms with van der Waals surface area (Å²) in [4.78, 5) is 12.5. The fourth-order valence-corrected chi connectivity index (χ4v) is 1.85. The molecule has 1 aromatic carbocycles. The molecule has 0 saturated heterocycles. The predicted octanol–water partition coefficient (Wildman–Crippen LogP) is 2.50. The molecule has 0 aliphatic rings. The Balaban J connectivity index is 2.74. The van der Waals surface area contributed by atoms with Crippen LogP contribution in [0.15, 0.2) is 18.2 Å². The quantitative estimate of drug-likeness (QED) is 0.460. The number of nitrogens with zero attached hydrogens (tertiary/aromatic N) is 2. The smallest absolute Gasteiger partial charge is 0.292 e. The molecule has 0 bridgehead atoms. The van der Waals surface area contributed by atoms with Crippen molar-refractivity contribution in [2.75, 3.05) is 25.1 Å². The van der Waals surface area contributed by atoms with Gasteiger partial charge in [-0.2, -0.15) is 0 Å². The minimum Gasteiger partial charge on any atom is -0.396 e. The van der Waals surface area contributed by atoms with Crippen LogP contribution in [0, 0.1) is 17.0 Å². The minimum absolute atomic E-state index is 0.144. The van der Waals surface area contributed by atoms with Crippen molar-refractivity contribution >= 4 is 11.4 Å². The second-order valence-electron chi connectivity index (χ2n) is 4.46. The highest BCUT2D eigenvalue weighted by Gasteiger charge is 2.16. The topological polar surface area (TPSA) is 66.6 Å². The van der Waals surface area contributed by atoms with Crippen LogP contribution in [0.4, 0.5) is 11.4 Å². The Morgan fingerprint density at radius 1 is 1.33 bits per heavy atom. The molecular weight excluding hydrogens is 232 g/mol. The van der Waals surface area contributed by atoms with Crippen molar-refractivity contribution in [2.45, 2.75) is 26.2 Å². The fourth-order valence-electron chi connectivity index (χ4n) is 1.85.